The van der Waals surface area contributed by atoms with Crippen molar-refractivity contribution in [2.75, 3.05) is 0 Å². The van der Waals surface area contributed by atoms with Crippen LogP contribution in [0.1, 0.15) is 39.0 Å². The van der Waals surface area contributed by atoms with E-state index in [4.69, 9.17) is 0 Å². The Morgan fingerprint density at radius 1 is 0.923 bits per heavy atom. The number of allylic oxidation sites excluding steroid dienone is 6. The lowest BCUT2D eigenvalue weighted by molar-refractivity contribution is 0.674. The fourth-order valence-corrected chi connectivity index (χ4v) is 1.07. The second-order valence-corrected chi connectivity index (χ2v) is 3.09. The molecule has 0 aliphatic heterocycles. The average molecular weight is 177 g/mol. The fourth-order valence-electron chi connectivity index (χ4n) is 1.07. The summed E-state index contributed by atoms with van der Waals surface area (Å²) in [4.78, 5) is 0. The minimum absolute atomic E-state index is 1.21. The molecular weight excluding hydrogens is 156 g/mol. The van der Waals surface area contributed by atoms with Gasteiger partial charge in [-0.2, -0.15) is 0 Å². The summed E-state index contributed by atoms with van der Waals surface area (Å²) >= 11 is 0. The Bertz CT molecular complexity index is 161. The number of rotatable bonds is 7. The van der Waals surface area contributed by atoms with Crippen LogP contribution >= 0.6 is 0 Å². The first-order chi connectivity index (χ1) is 6.41. The van der Waals surface area contributed by atoms with Crippen LogP contribution < -0.4 is 0 Å². The molecule has 0 rings (SSSR count). The molecule has 0 atom stereocenters. The highest BCUT2D eigenvalue weighted by atomic mass is 13.9. The van der Waals surface area contributed by atoms with Crippen molar-refractivity contribution in [1.29, 1.82) is 0 Å². The van der Waals surface area contributed by atoms with E-state index in [0.29, 0.717) is 0 Å². The zero-order chi connectivity index (χ0) is 9.78. The van der Waals surface area contributed by atoms with Gasteiger partial charge in [-0.05, 0) is 19.8 Å². The van der Waals surface area contributed by atoms with Gasteiger partial charge < -0.3 is 0 Å². The third kappa shape index (κ3) is 11.2. The number of unbranched alkanes of at least 4 members (excludes halogenated alkanes) is 4. The predicted molar refractivity (Wildman–Crippen MR) is 61.5 cm³/mol. The molecule has 0 aliphatic rings. The Hall–Kier alpha value is -0.780. The second kappa shape index (κ2) is 11.2. The zero-order valence-corrected chi connectivity index (χ0v) is 8.71. The lowest BCUT2D eigenvalue weighted by Crippen LogP contribution is -1.72. The second-order valence-electron chi connectivity index (χ2n) is 3.09. The molecule has 0 heteroatoms. The van der Waals surface area contributed by atoms with Crippen LogP contribution in [0.25, 0.3) is 0 Å². The molecule has 0 aliphatic carbocycles. The first-order valence-electron chi connectivity index (χ1n) is 5.19. The van der Waals surface area contributed by atoms with E-state index in [2.05, 4.69) is 26.0 Å². The lowest BCUT2D eigenvalue weighted by Gasteiger charge is -1.92. The molecule has 0 aromatic carbocycles. The molecule has 73 valence electrons. The molecule has 0 heterocycles. The normalized spacial score (nSPS) is 12.5. The van der Waals surface area contributed by atoms with Crippen LogP contribution in [0.2, 0.25) is 0 Å². The van der Waals surface area contributed by atoms with Crippen LogP contribution in [-0.4, -0.2) is 0 Å². The Morgan fingerprint density at radius 2 is 1.69 bits per heavy atom. The van der Waals surface area contributed by atoms with E-state index in [1.807, 2.05) is 18.2 Å². The molecule has 1 radical (unpaired) electrons. The highest BCUT2D eigenvalue weighted by molar-refractivity contribution is 5.11. The zero-order valence-electron chi connectivity index (χ0n) is 8.71. The summed E-state index contributed by atoms with van der Waals surface area (Å²) < 4.78 is 0. The minimum atomic E-state index is 1.21. The number of hydrogen-bond acceptors (Lipinski definition) is 0. The summed E-state index contributed by atoms with van der Waals surface area (Å²) in [6.07, 6.45) is 18.7. The van der Waals surface area contributed by atoms with Crippen molar-refractivity contribution in [3.05, 3.63) is 43.4 Å². The summed E-state index contributed by atoms with van der Waals surface area (Å²) in [5, 5.41) is 0. The number of hydrogen-bond donors (Lipinski definition) is 0. The van der Waals surface area contributed by atoms with Gasteiger partial charge >= 0.3 is 0 Å². The molecule has 0 unspecified atom stereocenters. The van der Waals surface area contributed by atoms with E-state index < -0.39 is 0 Å². The fraction of sp³-hybridized carbons (Fsp3) is 0.462. The van der Waals surface area contributed by atoms with Crippen LogP contribution in [0.4, 0.5) is 0 Å². The smallest absolute Gasteiger partial charge is 0.0313 e. The van der Waals surface area contributed by atoms with Gasteiger partial charge in [0.25, 0.3) is 0 Å². The highest BCUT2D eigenvalue weighted by Gasteiger charge is 1.82. The topological polar surface area (TPSA) is 0 Å². The summed E-state index contributed by atoms with van der Waals surface area (Å²) in [6.45, 7) is 5.84. The van der Waals surface area contributed by atoms with Gasteiger partial charge in [0, 0.05) is 0 Å². The average Bonchev–Trinajstić information content (AvgIpc) is 2.16. The van der Waals surface area contributed by atoms with Crippen LogP contribution in [0.3, 0.4) is 0 Å². The Labute approximate surface area is 83.0 Å². The largest absolute Gasteiger partial charge is 0.0845 e. The summed E-state index contributed by atoms with van der Waals surface area (Å²) in [6, 6.07) is 0. The lowest BCUT2D eigenvalue weighted by atomic mass is 10.1. The quantitative estimate of drug-likeness (QED) is 0.398. The van der Waals surface area contributed by atoms with Crippen molar-refractivity contribution < 1.29 is 0 Å². The van der Waals surface area contributed by atoms with E-state index >= 15 is 0 Å². The molecule has 0 aromatic rings. The Balaban J connectivity index is 3.21. The van der Waals surface area contributed by atoms with Crippen LogP contribution in [0.5, 0.6) is 0 Å². The molecule has 0 saturated heterocycles. The van der Waals surface area contributed by atoms with Crippen molar-refractivity contribution in [3.8, 4) is 0 Å². The highest BCUT2D eigenvalue weighted by Crippen LogP contribution is 2.02. The molecule has 0 nitrogen and oxygen atoms in total. The van der Waals surface area contributed by atoms with E-state index in [1.54, 1.807) is 6.08 Å². The van der Waals surface area contributed by atoms with Crippen molar-refractivity contribution in [1.82, 2.24) is 0 Å². The van der Waals surface area contributed by atoms with Gasteiger partial charge in [0.05, 0.1) is 0 Å². The maximum absolute atomic E-state index is 3.60. The molecule has 0 amide bonds. The van der Waals surface area contributed by atoms with Crippen molar-refractivity contribution in [2.45, 2.75) is 39.0 Å². The predicted octanol–water partition coefficient (Wildman–Crippen LogP) is 4.46. The van der Waals surface area contributed by atoms with Gasteiger partial charge in [0.1, 0.15) is 0 Å². The Morgan fingerprint density at radius 3 is 2.38 bits per heavy atom. The summed E-state index contributed by atoms with van der Waals surface area (Å²) in [7, 11) is 0. The van der Waals surface area contributed by atoms with Gasteiger partial charge in [-0.15, -0.1) is 0 Å². The van der Waals surface area contributed by atoms with Gasteiger partial charge in [0.15, 0.2) is 0 Å². The van der Waals surface area contributed by atoms with E-state index in [-0.39, 0.29) is 0 Å². The van der Waals surface area contributed by atoms with Gasteiger partial charge in [-0.1, -0.05) is 62.6 Å². The molecule has 0 N–H and O–H groups in total. The van der Waals surface area contributed by atoms with Crippen LogP contribution in [0.15, 0.2) is 36.5 Å². The molecule has 0 fully saturated rings. The minimum Gasteiger partial charge on any atom is -0.0845 e. The summed E-state index contributed by atoms with van der Waals surface area (Å²) in [5.41, 5.74) is 0. The van der Waals surface area contributed by atoms with E-state index in [0.717, 1.165) is 0 Å². The standard InChI is InChI=1S/C13H21/c1-3-5-7-9-11-13-12-10-8-6-4-2/h3,5,7,9,11,13H,1,4,6,8,10,12H2,2H3/b5-3+,9-7+,13-11+. The van der Waals surface area contributed by atoms with E-state index in [1.165, 1.54) is 32.1 Å². The Kier molecular flexibility index (Phi) is 10.5. The maximum Gasteiger partial charge on any atom is -0.0313 e. The van der Waals surface area contributed by atoms with Gasteiger partial charge in [0.2, 0.25) is 0 Å². The van der Waals surface area contributed by atoms with Crippen LogP contribution in [0, 0.1) is 6.92 Å². The SMILES string of the molecule is [CH2]/C=C/C=C/C=C/CCCCCC. The van der Waals surface area contributed by atoms with Crippen molar-refractivity contribution >= 4 is 0 Å². The first-order valence-corrected chi connectivity index (χ1v) is 5.19. The molecule has 0 spiro atoms. The molecule has 13 heavy (non-hydrogen) atoms. The molecule has 0 aromatic heterocycles. The van der Waals surface area contributed by atoms with Gasteiger partial charge in [-0.25, -0.2) is 0 Å². The van der Waals surface area contributed by atoms with Crippen LogP contribution in [-0.2, 0) is 0 Å². The van der Waals surface area contributed by atoms with E-state index in [9.17, 15) is 0 Å². The maximum atomic E-state index is 3.60. The monoisotopic (exact) mass is 177 g/mol. The van der Waals surface area contributed by atoms with Crippen molar-refractivity contribution in [2.24, 2.45) is 0 Å². The molecule has 0 bridgehead atoms. The van der Waals surface area contributed by atoms with Crippen molar-refractivity contribution in [3.63, 3.8) is 0 Å². The first kappa shape index (κ1) is 12.2. The molecule has 0 saturated carbocycles. The van der Waals surface area contributed by atoms with Gasteiger partial charge in [-0.3, -0.25) is 0 Å². The summed E-state index contributed by atoms with van der Waals surface area (Å²) in [5.74, 6) is 0. The third-order valence-electron chi connectivity index (χ3n) is 1.83. The molecular formula is C13H21. The third-order valence-corrected chi connectivity index (χ3v) is 1.83.